The second kappa shape index (κ2) is 6.11. The van der Waals surface area contributed by atoms with Crippen molar-refractivity contribution in [2.45, 2.75) is 39.5 Å². The summed E-state index contributed by atoms with van der Waals surface area (Å²) in [4.78, 5) is 13.7. The predicted octanol–water partition coefficient (Wildman–Crippen LogP) is 1.62. The second-order valence-corrected chi connectivity index (χ2v) is 5.02. The molecule has 88 valence electrons. The molecule has 1 aliphatic rings. The molecule has 1 amide bonds. The highest BCUT2D eigenvalue weighted by atomic mass is 16.2. The molecule has 0 aliphatic carbocycles. The van der Waals surface area contributed by atoms with E-state index < -0.39 is 0 Å². The van der Waals surface area contributed by atoms with E-state index >= 15 is 0 Å². The zero-order valence-corrected chi connectivity index (χ0v) is 10.0. The fourth-order valence-electron chi connectivity index (χ4n) is 2.33. The van der Waals surface area contributed by atoms with Crippen LogP contribution >= 0.6 is 0 Å². The third-order valence-electron chi connectivity index (χ3n) is 3.04. The molecular weight excluding hydrogens is 188 g/mol. The van der Waals surface area contributed by atoms with Gasteiger partial charge in [-0.15, -0.1) is 0 Å². The fourth-order valence-corrected chi connectivity index (χ4v) is 2.33. The molecule has 3 nitrogen and oxygen atoms in total. The first-order chi connectivity index (χ1) is 7.13. The van der Waals surface area contributed by atoms with Crippen molar-refractivity contribution < 1.29 is 4.79 Å². The Morgan fingerprint density at radius 3 is 2.87 bits per heavy atom. The molecule has 0 aromatic carbocycles. The summed E-state index contributed by atoms with van der Waals surface area (Å²) in [7, 11) is 0. The van der Waals surface area contributed by atoms with E-state index in [0.29, 0.717) is 18.9 Å². The van der Waals surface area contributed by atoms with Gasteiger partial charge in [0.25, 0.3) is 0 Å². The van der Waals surface area contributed by atoms with Crippen LogP contribution < -0.4 is 5.73 Å². The maximum Gasteiger partial charge on any atom is 0.222 e. The molecule has 2 N–H and O–H groups in total. The molecule has 1 heterocycles. The molecular formula is C12H24N2O. The van der Waals surface area contributed by atoms with Crippen LogP contribution in [0.5, 0.6) is 0 Å². The fraction of sp³-hybridized carbons (Fsp3) is 0.917. The van der Waals surface area contributed by atoms with Crippen molar-refractivity contribution in [3.05, 3.63) is 0 Å². The van der Waals surface area contributed by atoms with Crippen LogP contribution in [0.15, 0.2) is 0 Å². The minimum absolute atomic E-state index is 0.298. The van der Waals surface area contributed by atoms with Gasteiger partial charge in [-0.1, -0.05) is 13.8 Å². The molecule has 0 aromatic rings. The molecule has 3 heteroatoms. The van der Waals surface area contributed by atoms with E-state index in [-0.39, 0.29) is 0 Å². The lowest BCUT2D eigenvalue weighted by atomic mass is 9.97. The maximum atomic E-state index is 11.7. The summed E-state index contributed by atoms with van der Waals surface area (Å²) in [6.07, 6.45) is 3.89. The lowest BCUT2D eigenvalue weighted by Gasteiger charge is -2.17. The van der Waals surface area contributed by atoms with Crippen molar-refractivity contribution in [1.82, 2.24) is 4.90 Å². The minimum Gasteiger partial charge on any atom is -0.342 e. The molecule has 1 aliphatic heterocycles. The van der Waals surface area contributed by atoms with Crippen LogP contribution in [-0.2, 0) is 4.79 Å². The number of nitrogens with two attached hydrogens (primary N) is 1. The van der Waals surface area contributed by atoms with Gasteiger partial charge in [0.05, 0.1) is 0 Å². The summed E-state index contributed by atoms with van der Waals surface area (Å²) in [5, 5.41) is 0. The Bertz CT molecular complexity index is 204. The molecule has 15 heavy (non-hydrogen) atoms. The first-order valence-corrected chi connectivity index (χ1v) is 6.11. The van der Waals surface area contributed by atoms with Gasteiger partial charge in [-0.3, -0.25) is 4.79 Å². The molecule has 0 bridgehead atoms. The van der Waals surface area contributed by atoms with Crippen LogP contribution in [0.2, 0.25) is 0 Å². The molecule has 1 rings (SSSR count). The Balaban J connectivity index is 2.26. The third kappa shape index (κ3) is 4.20. The predicted molar refractivity (Wildman–Crippen MR) is 62.4 cm³/mol. The summed E-state index contributed by atoms with van der Waals surface area (Å²) >= 11 is 0. The van der Waals surface area contributed by atoms with Crippen LogP contribution in [0.3, 0.4) is 0 Å². The number of hydrogen-bond donors (Lipinski definition) is 1. The van der Waals surface area contributed by atoms with Crippen LogP contribution in [0.25, 0.3) is 0 Å². The Labute approximate surface area is 93.0 Å². The summed E-state index contributed by atoms with van der Waals surface area (Å²) in [6.45, 7) is 7.05. The number of amides is 1. The third-order valence-corrected chi connectivity index (χ3v) is 3.04. The lowest BCUT2D eigenvalue weighted by Crippen LogP contribution is -2.29. The van der Waals surface area contributed by atoms with E-state index in [1.807, 2.05) is 4.90 Å². The Hall–Kier alpha value is -0.570. The Morgan fingerprint density at radius 1 is 1.53 bits per heavy atom. The number of carbonyl (C=O) groups excluding carboxylic acids is 1. The number of rotatable bonds is 5. The first kappa shape index (κ1) is 12.5. The van der Waals surface area contributed by atoms with E-state index in [1.54, 1.807) is 0 Å². The Morgan fingerprint density at radius 2 is 2.27 bits per heavy atom. The van der Waals surface area contributed by atoms with Crippen molar-refractivity contribution in [3.63, 3.8) is 0 Å². The Kier molecular flexibility index (Phi) is 5.09. The standard InChI is InChI=1S/C12H24N2O/c1-10(2)8-11-5-7-14(9-11)12(15)4-3-6-13/h10-11H,3-9,13H2,1-2H3. The van der Waals surface area contributed by atoms with E-state index in [1.165, 1.54) is 12.8 Å². The maximum absolute atomic E-state index is 11.7. The van der Waals surface area contributed by atoms with Gasteiger partial charge in [-0.2, -0.15) is 0 Å². The van der Waals surface area contributed by atoms with Gasteiger partial charge < -0.3 is 10.6 Å². The molecule has 0 spiro atoms. The summed E-state index contributed by atoms with van der Waals surface area (Å²) in [6, 6.07) is 0. The van der Waals surface area contributed by atoms with Crippen molar-refractivity contribution in [3.8, 4) is 0 Å². The summed E-state index contributed by atoms with van der Waals surface area (Å²) in [5.74, 6) is 1.77. The van der Waals surface area contributed by atoms with E-state index in [4.69, 9.17) is 5.73 Å². The second-order valence-electron chi connectivity index (χ2n) is 5.02. The van der Waals surface area contributed by atoms with Gasteiger partial charge in [0.15, 0.2) is 0 Å². The van der Waals surface area contributed by atoms with Crippen molar-refractivity contribution in [2.24, 2.45) is 17.6 Å². The topological polar surface area (TPSA) is 46.3 Å². The molecule has 1 unspecified atom stereocenters. The summed E-state index contributed by atoms with van der Waals surface area (Å²) < 4.78 is 0. The highest BCUT2D eigenvalue weighted by molar-refractivity contribution is 5.76. The smallest absolute Gasteiger partial charge is 0.222 e. The molecule has 1 atom stereocenters. The monoisotopic (exact) mass is 212 g/mol. The first-order valence-electron chi connectivity index (χ1n) is 6.11. The van der Waals surface area contributed by atoms with Crippen LogP contribution in [0.1, 0.15) is 39.5 Å². The molecule has 0 radical (unpaired) electrons. The SMILES string of the molecule is CC(C)CC1CCN(C(=O)CCCN)C1. The van der Waals surface area contributed by atoms with E-state index in [0.717, 1.165) is 31.3 Å². The molecule has 0 saturated carbocycles. The van der Waals surface area contributed by atoms with Gasteiger partial charge in [-0.05, 0) is 37.6 Å². The van der Waals surface area contributed by atoms with Crippen molar-refractivity contribution in [2.75, 3.05) is 19.6 Å². The van der Waals surface area contributed by atoms with Crippen molar-refractivity contribution in [1.29, 1.82) is 0 Å². The molecule has 0 aromatic heterocycles. The zero-order valence-electron chi connectivity index (χ0n) is 10.0. The van der Waals surface area contributed by atoms with Gasteiger partial charge in [0, 0.05) is 19.5 Å². The molecule has 1 fully saturated rings. The summed E-state index contributed by atoms with van der Waals surface area (Å²) in [5.41, 5.74) is 5.40. The van der Waals surface area contributed by atoms with Crippen LogP contribution in [0.4, 0.5) is 0 Å². The highest BCUT2D eigenvalue weighted by Gasteiger charge is 2.25. The van der Waals surface area contributed by atoms with E-state index in [2.05, 4.69) is 13.8 Å². The van der Waals surface area contributed by atoms with Gasteiger partial charge in [0.2, 0.25) is 5.91 Å². The number of carbonyl (C=O) groups is 1. The van der Waals surface area contributed by atoms with Crippen LogP contribution in [-0.4, -0.2) is 30.4 Å². The van der Waals surface area contributed by atoms with Gasteiger partial charge in [-0.25, -0.2) is 0 Å². The number of hydrogen-bond acceptors (Lipinski definition) is 2. The average Bonchev–Trinajstić information content (AvgIpc) is 2.61. The van der Waals surface area contributed by atoms with E-state index in [9.17, 15) is 4.79 Å². The van der Waals surface area contributed by atoms with Gasteiger partial charge in [0.1, 0.15) is 0 Å². The number of likely N-dealkylation sites (tertiary alicyclic amines) is 1. The number of nitrogens with zero attached hydrogens (tertiary/aromatic N) is 1. The minimum atomic E-state index is 0.298. The zero-order chi connectivity index (χ0) is 11.3. The lowest BCUT2D eigenvalue weighted by molar-refractivity contribution is -0.130. The highest BCUT2D eigenvalue weighted by Crippen LogP contribution is 2.23. The quantitative estimate of drug-likeness (QED) is 0.752. The average molecular weight is 212 g/mol. The largest absolute Gasteiger partial charge is 0.342 e. The van der Waals surface area contributed by atoms with Crippen molar-refractivity contribution >= 4 is 5.91 Å². The molecule has 1 saturated heterocycles. The van der Waals surface area contributed by atoms with Crippen LogP contribution in [0, 0.1) is 11.8 Å². The van der Waals surface area contributed by atoms with Gasteiger partial charge >= 0.3 is 0 Å². The normalized spacial score (nSPS) is 21.3.